The Morgan fingerprint density at radius 3 is 2.56 bits per heavy atom. The van der Waals surface area contributed by atoms with Crippen LogP contribution in [0.15, 0.2) is 18.2 Å². The fourth-order valence-electron chi connectivity index (χ4n) is 1.37. The Morgan fingerprint density at radius 2 is 2.06 bits per heavy atom. The molecule has 2 unspecified atom stereocenters. The third-order valence-electron chi connectivity index (χ3n) is 2.34. The first-order valence-corrected chi connectivity index (χ1v) is 4.69. The monoisotopic (exact) mass is 227 g/mol. The maximum absolute atomic E-state index is 10.5. The molecule has 1 aromatic carbocycles. The van der Waals surface area contributed by atoms with Crippen molar-refractivity contribution in [2.45, 2.75) is 19.1 Å². The molecule has 6 heteroatoms. The van der Waals surface area contributed by atoms with Gasteiger partial charge in [0.05, 0.1) is 11.5 Å². The fourth-order valence-corrected chi connectivity index (χ4v) is 1.37. The van der Waals surface area contributed by atoms with Gasteiger partial charge in [0.25, 0.3) is 5.69 Å². The molecule has 0 spiro atoms. The average Bonchev–Trinajstić information content (AvgIpc) is 2.27. The minimum absolute atomic E-state index is 0.162. The molecule has 0 aromatic heterocycles. The predicted molar refractivity (Wildman–Crippen MR) is 55.9 cm³/mol. The molecule has 0 saturated carbocycles. The van der Waals surface area contributed by atoms with E-state index in [0.717, 1.165) is 0 Å². The molecule has 0 aliphatic rings. The Kier molecular flexibility index (Phi) is 3.94. The molecular weight excluding hydrogens is 214 g/mol. The van der Waals surface area contributed by atoms with E-state index in [1.807, 2.05) is 0 Å². The van der Waals surface area contributed by atoms with Crippen LogP contribution in [0.25, 0.3) is 0 Å². The van der Waals surface area contributed by atoms with Gasteiger partial charge in [0, 0.05) is 12.1 Å². The molecule has 0 saturated heterocycles. The van der Waals surface area contributed by atoms with E-state index in [1.54, 1.807) is 6.92 Å². The number of nitrogens with zero attached hydrogens (tertiary/aromatic N) is 1. The number of aliphatic hydroxyl groups excluding tert-OH is 3. The van der Waals surface area contributed by atoms with Crippen LogP contribution in [0.2, 0.25) is 0 Å². The van der Waals surface area contributed by atoms with E-state index in [0.29, 0.717) is 5.56 Å². The molecule has 6 nitrogen and oxygen atoms in total. The van der Waals surface area contributed by atoms with Crippen LogP contribution in [-0.4, -0.2) is 33.0 Å². The Labute approximate surface area is 91.9 Å². The summed E-state index contributed by atoms with van der Waals surface area (Å²) in [7, 11) is 0. The molecule has 2 atom stereocenters. The highest BCUT2D eigenvalue weighted by atomic mass is 16.6. The second-order valence-corrected chi connectivity index (χ2v) is 3.49. The van der Waals surface area contributed by atoms with Crippen LogP contribution < -0.4 is 0 Å². The highest BCUT2D eigenvalue weighted by Gasteiger charge is 2.21. The van der Waals surface area contributed by atoms with Crippen molar-refractivity contribution in [2.75, 3.05) is 6.61 Å². The minimum Gasteiger partial charge on any atom is -0.394 e. The Morgan fingerprint density at radius 1 is 1.44 bits per heavy atom. The van der Waals surface area contributed by atoms with Gasteiger partial charge in [-0.05, 0) is 18.1 Å². The van der Waals surface area contributed by atoms with Crippen molar-refractivity contribution in [1.82, 2.24) is 0 Å². The summed E-state index contributed by atoms with van der Waals surface area (Å²) in [4.78, 5) is 9.96. The zero-order valence-electron chi connectivity index (χ0n) is 8.70. The third kappa shape index (κ3) is 2.54. The van der Waals surface area contributed by atoms with Gasteiger partial charge in [-0.15, -0.1) is 0 Å². The first kappa shape index (κ1) is 12.6. The molecule has 0 heterocycles. The molecule has 1 aromatic rings. The summed E-state index contributed by atoms with van der Waals surface area (Å²) in [6.07, 6.45) is -2.68. The van der Waals surface area contributed by atoms with E-state index in [9.17, 15) is 20.3 Å². The molecule has 0 aliphatic heterocycles. The van der Waals surface area contributed by atoms with Crippen LogP contribution in [0.5, 0.6) is 0 Å². The second-order valence-electron chi connectivity index (χ2n) is 3.49. The summed E-state index contributed by atoms with van der Waals surface area (Å²) >= 11 is 0. The zero-order chi connectivity index (χ0) is 12.3. The SMILES string of the molecule is Cc1ccc([N+](=O)[O-])cc1C(O)C(O)CO. The van der Waals surface area contributed by atoms with Crippen molar-refractivity contribution < 1.29 is 20.2 Å². The Bertz CT molecular complexity index is 393. The number of nitro groups is 1. The van der Waals surface area contributed by atoms with Crippen LogP contribution in [0.1, 0.15) is 17.2 Å². The van der Waals surface area contributed by atoms with Crippen LogP contribution in [0.4, 0.5) is 5.69 Å². The summed E-state index contributed by atoms with van der Waals surface area (Å²) in [6.45, 7) is 1.05. The van der Waals surface area contributed by atoms with Gasteiger partial charge in [0.1, 0.15) is 12.2 Å². The molecule has 0 fully saturated rings. The number of hydrogen-bond acceptors (Lipinski definition) is 5. The van der Waals surface area contributed by atoms with Crippen molar-refractivity contribution in [3.63, 3.8) is 0 Å². The molecule has 88 valence electrons. The maximum atomic E-state index is 10.5. The Balaban J connectivity index is 3.11. The molecule has 0 aliphatic carbocycles. The van der Waals surface area contributed by atoms with Gasteiger partial charge >= 0.3 is 0 Å². The second kappa shape index (κ2) is 5.02. The largest absolute Gasteiger partial charge is 0.394 e. The van der Waals surface area contributed by atoms with E-state index < -0.39 is 23.7 Å². The first-order valence-electron chi connectivity index (χ1n) is 4.69. The standard InChI is InChI=1S/C10H13NO5/c1-6-2-3-7(11(15)16)4-8(6)10(14)9(13)5-12/h2-4,9-10,12-14H,5H2,1H3. The van der Waals surface area contributed by atoms with Gasteiger partial charge in [0.15, 0.2) is 0 Å². The van der Waals surface area contributed by atoms with Gasteiger partial charge in [-0.1, -0.05) is 6.07 Å². The van der Waals surface area contributed by atoms with E-state index in [4.69, 9.17) is 5.11 Å². The topological polar surface area (TPSA) is 104 Å². The summed E-state index contributed by atoms with van der Waals surface area (Å²) in [5, 5.41) is 38.1. The van der Waals surface area contributed by atoms with Gasteiger partial charge in [0.2, 0.25) is 0 Å². The summed E-state index contributed by atoms with van der Waals surface area (Å²) in [5.41, 5.74) is 0.700. The van der Waals surface area contributed by atoms with Crippen LogP contribution >= 0.6 is 0 Å². The predicted octanol–water partition coefficient (Wildman–Crippen LogP) is 0.290. The molecule has 3 N–H and O–H groups in total. The number of non-ortho nitro benzene ring substituents is 1. The molecular formula is C10H13NO5. The lowest BCUT2D eigenvalue weighted by molar-refractivity contribution is -0.385. The molecule has 0 radical (unpaired) electrons. The lowest BCUT2D eigenvalue weighted by Crippen LogP contribution is -2.22. The molecule has 16 heavy (non-hydrogen) atoms. The molecule has 0 amide bonds. The minimum atomic E-state index is -1.35. The van der Waals surface area contributed by atoms with Gasteiger partial charge in [-0.3, -0.25) is 10.1 Å². The van der Waals surface area contributed by atoms with E-state index in [1.165, 1.54) is 18.2 Å². The number of benzene rings is 1. The number of aliphatic hydroxyl groups is 3. The van der Waals surface area contributed by atoms with E-state index in [2.05, 4.69) is 0 Å². The number of rotatable bonds is 4. The molecule has 0 bridgehead atoms. The van der Waals surface area contributed by atoms with Crippen molar-refractivity contribution in [1.29, 1.82) is 0 Å². The van der Waals surface area contributed by atoms with E-state index in [-0.39, 0.29) is 11.3 Å². The quantitative estimate of drug-likeness (QED) is 0.506. The summed E-state index contributed by atoms with van der Waals surface area (Å²) in [5.74, 6) is 0. The van der Waals surface area contributed by atoms with Gasteiger partial charge in [-0.25, -0.2) is 0 Å². The smallest absolute Gasteiger partial charge is 0.269 e. The van der Waals surface area contributed by atoms with Crippen LogP contribution in [0, 0.1) is 17.0 Å². The maximum Gasteiger partial charge on any atom is 0.269 e. The van der Waals surface area contributed by atoms with Crippen molar-refractivity contribution in [2.24, 2.45) is 0 Å². The molecule has 1 rings (SSSR count). The number of hydrogen-bond donors (Lipinski definition) is 3. The van der Waals surface area contributed by atoms with Gasteiger partial charge in [-0.2, -0.15) is 0 Å². The highest BCUT2D eigenvalue weighted by molar-refractivity contribution is 5.40. The van der Waals surface area contributed by atoms with Crippen molar-refractivity contribution in [3.05, 3.63) is 39.4 Å². The van der Waals surface area contributed by atoms with Crippen LogP contribution in [0.3, 0.4) is 0 Å². The third-order valence-corrected chi connectivity index (χ3v) is 2.34. The highest BCUT2D eigenvalue weighted by Crippen LogP contribution is 2.25. The summed E-state index contributed by atoms with van der Waals surface area (Å²) < 4.78 is 0. The normalized spacial score (nSPS) is 14.5. The number of aryl methyl sites for hydroxylation is 1. The van der Waals surface area contributed by atoms with Crippen LogP contribution in [-0.2, 0) is 0 Å². The van der Waals surface area contributed by atoms with Crippen molar-refractivity contribution in [3.8, 4) is 0 Å². The fraction of sp³-hybridized carbons (Fsp3) is 0.400. The zero-order valence-corrected chi connectivity index (χ0v) is 8.70. The lowest BCUT2D eigenvalue weighted by atomic mass is 9.99. The number of nitro benzene ring substituents is 1. The first-order chi connectivity index (χ1) is 7.47. The lowest BCUT2D eigenvalue weighted by Gasteiger charge is -2.17. The average molecular weight is 227 g/mol. The van der Waals surface area contributed by atoms with Crippen molar-refractivity contribution >= 4 is 5.69 Å². The van der Waals surface area contributed by atoms with E-state index >= 15 is 0 Å². The van der Waals surface area contributed by atoms with Gasteiger partial charge < -0.3 is 15.3 Å². The summed E-state index contributed by atoms with van der Waals surface area (Å²) in [6, 6.07) is 4.00. The Hall–Kier alpha value is -1.50.